The number of nitrogens with zero attached hydrogens (tertiary/aromatic N) is 1. The molecule has 1 atom stereocenters. The van der Waals surface area contributed by atoms with Crippen LogP contribution in [-0.2, 0) is 21.1 Å². The minimum atomic E-state index is -2.98. The van der Waals surface area contributed by atoms with Crippen molar-refractivity contribution < 1.29 is 13.2 Å². The molecule has 5 heteroatoms. The standard InChI is InChI=1S/C21H23NO3S/c23-21(22(19-10-11-19)20-12-13-26(24,25)15-20)14-16-6-8-18(9-7-16)17-4-2-1-3-5-17/h1-9,19-20H,10-15H2. The molecule has 0 radical (unpaired) electrons. The molecule has 4 rings (SSSR count). The Balaban J connectivity index is 1.46. The van der Waals surface area contributed by atoms with Crippen molar-refractivity contribution in [3.8, 4) is 11.1 Å². The summed E-state index contributed by atoms with van der Waals surface area (Å²) in [4.78, 5) is 14.7. The van der Waals surface area contributed by atoms with Crippen LogP contribution >= 0.6 is 0 Å². The lowest BCUT2D eigenvalue weighted by Gasteiger charge is -2.28. The van der Waals surface area contributed by atoms with Gasteiger partial charge in [-0.2, -0.15) is 0 Å². The second kappa shape index (κ2) is 6.88. The largest absolute Gasteiger partial charge is 0.335 e. The Bertz CT molecular complexity index is 887. The van der Waals surface area contributed by atoms with Crippen LogP contribution in [0.2, 0.25) is 0 Å². The average molecular weight is 369 g/mol. The summed E-state index contributed by atoms with van der Waals surface area (Å²) in [5.41, 5.74) is 3.25. The van der Waals surface area contributed by atoms with Gasteiger partial charge in [0.15, 0.2) is 9.84 Å². The van der Waals surface area contributed by atoms with Crippen molar-refractivity contribution in [2.24, 2.45) is 0 Å². The zero-order valence-corrected chi connectivity index (χ0v) is 15.5. The number of hydrogen-bond acceptors (Lipinski definition) is 3. The van der Waals surface area contributed by atoms with Crippen LogP contribution < -0.4 is 0 Å². The molecule has 0 bridgehead atoms. The maximum atomic E-state index is 12.9. The third-order valence-corrected chi connectivity index (χ3v) is 7.00. The monoisotopic (exact) mass is 369 g/mol. The summed E-state index contributed by atoms with van der Waals surface area (Å²) < 4.78 is 23.6. The Morgan fingerprint density at radius 2 is 1.54 bits per heavy atom. The predicted octanol–water partition coefficient (Wildman–Crippen LogP) is 3.07. The van der Waals surface area contributed by atoms with Crippen LogP contribution in [0.5, 0.6) is 0 Å². The summed E-state index contributed by atoms with van der Waals surface area (Å²) in [6.45, 7) is 0. The fourth-order valence-corrected chi connectivity index (χ4v) is 5.48. The van der Waals surface area contributed by atoms with Crippen molar-refractivity contribution in [3.63, 3.8) is 0 Å². The molecule has 136 valence electrons. The minimum Gasteiger partial charge on any atom is -0.335 e. The molecule has 4 nitrogen and oxygen atoms in total. The molecular formula is C21H23NO3S. The van der Waals surface area contributed by atoms with E-state index >= 15 is 0 Å². The van der Waals surface area contributed by atoms with Gasteiger partial charge in [0.2, 0.25) is 5.91 Å². The Labute approximate surface area is 154 Å². The normalized spacial score (nSPS) is 21.5. The van der Waals surface area contributed by atoms with Gasteiger partial charge in [-0.3, -0.25) is 4.79 Å². The number of hydrogen-bond donors (Lipinski definition) is 0. The predicted molar refractivity (Wildman–Crippen MR) is 103 cm³/mol. The van der Waals surface area contributed by atoms with Crippen molar-refractivity contribution in [1.29, 1.82) is 0 Å². The average Bonchev–Trinajstić information content (AvgIpc) is 3.39. The van der Waals surface area contributed by atoms with E-state index in [0.29, 0.717) is 12.8 Å². The smallest absolute Gasteiger partial charge is 0.227 e. The molecule has 0 N–H and O–H groups in total. The van der Waals surface area contributed by atoms with Crippen molar-refractivity contribution in [2.45, 2.75) is 37.8 Å². The highest BCUT2D eigenvalue weighted by Gasteiger charge is 2.41. The lowest BCUT2D eigenvalue weighted by molar-refractivity contribution is -0.133. The second-order valence-electron chi connectivity index (χ2n) is 7.33. The van der Waals surface area contributed by atoms with E-state index in [1.165, 1.54) is 0 Å². The molecule has 1 aliphatic carbocycles. The quantitative estimate of drug-likeness (QED) is 0.814. The highest BCUT2D eigenvalue weighted by Crippen LogP contribution is 2.33. The minimum absolute atomic E-state index is 0.0575. The second-order valence-corrected chi connectivity index (χ2v) is 9.56. The first-order valence-corrected chi connectivity index (χ1v) is 11.0. The molecule has 26 heavy (non-hydrogen) atoms. The lowest BCUT2D eigenvalue weighted by atomic mass is 10.0. The molecule has 0 aromatic heterocycles. The van der Waals surface area contributed by atoms with Gasteiger partial charge >= 0.3 is 0 Å². The number of rotatable bonds is 5. The Morgan fingerprint density at radius 1 is 0.885 bits per heavy atom. The molecule has 1 heterocycles. The summed E-state index contributed by atoms with van der Waals surface area (Å²) in [5.74, 6) is 0.393. The van der Waals surface area contributed by atoms with Crippen molar-refractivity contribution in [1.82, 2.24) is 4.90 Å². The van der Waals surface area contributed by atoms with Crippen LogP contribution in [0.3, 0.4) is 0 Å². The fraction of sp³-hybridized carbons (Fsp3) is 0.381. The maximum absolute atomic E-state index is 12.9. The van der Waals surface area contributed by atoms with Crippen LogP contribution in [0.15, 0.2) is 54.6 Å². The third kappa shape index (κ3) is 3.83. The van der Waals surface area contributed by atoms with E-state index < -0.39 is 9.84 Å². The lowest BCUT2D eigenvalue weighted by Crippen LogP contribution is -2.43. The van der Waals surface area contributed by atoms with Crippen LogP contribution in [0.1, 0.15) is 24.8 Å². The topological polar surface area (TPSA) is 54.5 Å². The van der Waals surface area contributed by atoms with Crippen LogP contribution in [0.4, 0.5) is 0 Å². The number of amides is 1. The molecule has 2 aromatic carbocycles. The summed E-state index contributed by atoms with van der Waals surface area (Å²) >= 11 is 0. The zero-order valence-electron chi connectivity index (χ0n) is 14.7. The van der Waals surface area contributed by atoms with Gasteiger partial charge in [0.25, 0.3) is 0 Å². The molecule has 1 unspecified atom stereocenters. The first-order chi connectivity index (χ1) is 12.5. The number of carbonyl (C=O) groups excluding carboxylic acids is 1. The summed E-state index contributed by atoms with van der Waals surface area (Å²) in [6, 6.07) is 18.3. The van der Waals surface area contributed by atoms with Gasteiger partial charge in [-0.25, -0.2) is 8.42 Å². The van der Waals surface area contributed by atoms with E-state index in [1.54, 1.807) is 0 Å². The fourth-order valence-electron chi connectivity index (χ4n) is 3.76. The van der Waals surface area contributed by atoms with E-state index in [2.05, 4.69) is 12.1 Å². The summed E-state index contributed by atoms with van der Waals surface area (Å²) in [6.07, 6.45) is 2.91. The van der Waals surface area contributed by atoms with Gasteiger partial charge in [-0.15, -0.1) is 0 Å². The molecule has 1 saturated carbocycles. The van der Waals surface area contributed by atoms with Gasteiger partial charge < -0.3 is 4.90 Å². The van der Waals surface area contributed by atoms with E-state index in [9.17, 15) is 13.2 Å². The molecule has 2 fully saturated rings. The highest BCUT2D eigenvalue weighted by molar-refractivity contribution is 7.91. The van der Waals surface area contributed by atoms with Gasteiger partial charge in [0.05, 0.1) is 17.9 Å². The van der Waals surface area contributed by atoms with Gasteiger partial charge in [-0.1, -0.05) is 54.6 Å². The number of carbonyl (C=O) groups is 1. The molecule has 2 aliphatic rings. The summed E-state index contributed by atoms with van der Waals surface area (Å²) in [7, 11) is -2.98. The molecule has 1 saturated heterocycles. The Morgan fingerprint density at radius 3 is 2.12 bits per heavy atom. The molecular weight excluding hydrogens is 346 g/mol. The SMILES string of the molecule is O=C(Cc1ccc(-c2ccccc2)cc1)N(C1CC1)C1CCS(=O)(=O)C1. The van der Waals surface area contributed by atoms with E-state index in [-0.39, 0.29) is 29.5 Å². The Kier molecular flexibility index (Phi) is 4.57. The number of sulfone groups is 1. The van der Waals surface area contributed by atoms with Gasteiger partial charge in [0, 0.05) is 12.1 Å². The van der Waals surface area contributed by atoms with Gasteiger partial charge in [0.1, 0.15) is 0 Å². The zero-order chi connectivity index (χ0) is 18.1. The van der Waals surface area contributed by atoms with Crippen LogP contribution in [0, 0.1) is 0 Å². The van der Waals surface area contributed by atoms with Gasteiger partial charge in [-0.05, 0) is 36.0 Å². The van der Waals surface area contributed by atoms with E-state index in [4.69, 9.17) is 0 Å². The van der Waals surface area contributed by atoms with Crippen molar-refractivity contribution in [2.75, 3.05) is 11.5 Å². The number of benzene rings is 2. The molecule has 1 amide bonds. The van der Waals surface area contributed by atoms with Crippen LogP contribution in [-0.4, -0.2) is 42.8 Å². The first kappa shape index (κ1) is 17.3. The molecule has 0 spiro atoms. The maximum Gasteiger partial charge on any atom is 0.227 e. The van der Waals surface area contributed by atoms with E-state index in [0.717, 1.165) is 29.5 Å². The van der Waals surface area contributed by atoms with Crippen LogP contribution in [0.25, 0.3) is 11.1 Å². The van der Waals surface area contributed by atoms with Crippen molar-refractivity contribution >= 4 is 15.7 Å². The summed E-state index contributed by atoms with van der Waals surface area (Å²) in [5, 5.41) is 0. The highest BCUT2D eigenvalue weighted by atomic mass is 32.2. The molecule has 2 aromatic rings. The molecule has 1 aliphatic heterocycles. The van der Waals surface area contributed by atoms with Crippen molar-refractivity contribution in [3.05, 3.63) is 60.2 Å². The third-order valence-electron chi connectivity index (χ3n) is 5.25. The Hall–Kier alpha value is -2.14. The first-order valence-electron chi connectivity index (χ1n) is 9.18. The van der Waals surface area contributed by atoms with E-state index in [1.807, 2.05) is 47.4 Å².